The fourth-order valence-electron chi connectivity index (χ4n) is 5.88. The highest BCUT2D eigenvalue weighted by atomic mass is 79.9. The zero-order valence-corrected chi connectivity index (χ0v) is 21.4. The van der Waals surface area contributed by atoms with E-state index in [1.54, 1.807) is 7.05 Å². The van der Waals surface area contributed by atoms with Gasteiger partial charge in [0.05, 0.1) is 37.6 Å². The number of hydrogen-bond acceptors (Lipinski definition) is 7. The average Bonchev–Trinajstić information content (AvgIpc) is 3.27. The number of halogens is 1. The third-order valence-corrected chi connectivity index (χ3v) is 7.94. The van der Waals surface area contributed by atoms with E-state index < -0.39 is 35.0 Å². The van der Waals surface area contributed by atoms with E-state index in [1.807, 2.05) is 54.6 Å². The van der Waals surface area contributed by atoms with Gasteiger partial charge in [0.15, 0.2) is 11.2 Å². The molecule has 188 valence electrons. The molecule has 2 aromatic carbocycles. The minimum atomic E-state index is -2.06. The monoisotopic (exact) mass is 554 g/mol. The maximum absolute atomic E-state index is 13.8. The topological polar surface area (TPSA) is 112 Å². The molecule has 0 spiro atoms. The van der Waals surface area contributed by atoms with Gasteiger partial charge in [-0.05, 0) is 23.3 Å². The average molecular weight is 555 g/mol. The van der Waals surface area contributed by atoms with Gasteiger partial charge in [-0.25, -0.2) is 0 Å². The number of aromatic nitrogens is 1. The van der Waals surface area contributed by atoms with Gasteiger partial charge in [-0.15, -0.1) is 0 Å². The lowest BCUT2D eigenvalue weighted by molar-refractivity contribution is -0.156. The molecule has 1 aliphatic heterocycles. The van der Waals surface area contributed by atoms with Crippen molar-refractivity contribution in [1.29, 1.82) is 0 Å². The van der Waals surface area contributed by atoms with Crippen molar-refractivity contribution in [3.05, 3.63) is 88.2 Å². The van der Waals surface area contributed by atoms with E-state index in [0.717, 1.165) is 4.47 Å². The van der Waals surface area contributed by atoms with Crippen LogP contribution >= 0.6 is 15.9 Å². The molecule has 1 amide bonds. The zero-order chi connectivity index (χ0) is 25.7. The van der Waals surface area contributed by atoms with E-state index in [1.165, 1.54) is 24.4 Å². The van der Waals surface area contributed by atoms with Gasteiger partial charge in [0.2, 0.25) is 5.91 Å². The summed E-state index contributed by atoms with van der Waals surface area (Å²) in [5.74, 6) is -1.79. The first kappa shape index (κ1) is 24.7. The van der Waals surface area contributed by atoms with Crippen molar-refractivity contribution in [2.24, 2.45) is 5.92 Å². The van der Waals surface area contributed by atoms with Gasteiger partial charge in [0, 0.05) is 24.0 Å². The van der Waals surface area contributed by atoms with Crippen LogP contribution in [-0.4, -0.2) is 64.5 Å². The number of ether oxygens (including phenoxy) is 2. The Morgan fingerprint density at radius 1 is 1.17 bits per heavy atom. The number of aliphatic hydroxyl groups excluding tert-OH is 2. The molecule has 5 rings (SSSR count). The van der Waals surface area contributed by atoms with Crippen LogP contribution in [0.1, 0.15) is 22.6 Å². The predicted octanol–water partition coefficient (Wildman–Crippen LogP) is 2.55. The zero-order valence-electron chi connectivity index (χ0n) is 19.8. The molecular weight excluding hydrogens is 528 g/mol. The second kappa shape index (κ2) is 9.15. The summed E-state index contributed by atoms with van der Waals surface area (Å²) in [7, 11) is 3.02. The van der Waals surface area contributed by atoms with E-state index in [9.17, 15) is 20.1 Å². The number of nitrogens with zero attached hydrogens (tertiary/aromatic N) is 2. The van der Waals surface area contributed by atoms with Crippen molar-refractivity contribution in [2.75, 3.05) is 27.3 Å². The van der Waals surface area contributed by atoms with Crippen LogP contribution in [0.15, 0.2) is 71.5 Å². The van der Waals surface area contributed by atoms with Crippen LogP contribution in [0, 0.1) is 5.92 Å². The molecule has 0 bridgehead atoms. The Balaban J connectivity index is 1.85. The summed E-state index contributed by atoms with van der Waals surface area (Å²) >= 11 is 3.47. The Morgan fingerprint density at radius 3 is 2.50 bits per heavy atom. The molecule has 36 heavy (non-hydrogen) atoms. The Labute approximate surface area is 217 Å². The van der Waals surface area contributed by atoms with Gasteiger partial charge >= 0.3 is 0 Å². The quantitative estimate of drug-likeness (QED) is 0.429. The molecule has 0 radical (unpaired) electrons. The maximum Gasteiger partial charge on any atom is 0.229 e. The van der Waals surface area contributed by atoms with Gasteiger partial charge in [-0.3, -0.25) is 9.78 Å². The number of rotatable bonds is 6. The molecule has 1 fully saturated rings. The molecule has 2 heterocycles. The van der Waals surface area contributed by atoms with E-state index in [4.69, 9.17) is 9.47 Å². The summed E-state index contributed by atoms with van der Waals surface area (Å²) in [6, 6.07) is 16.5. The highest BCUT2D eigenvalue weighted by Crippen LogP contribution is 2.69. The normalized spacial score (nSPS) is 28.2. The Hall–Kier alpha value is -2.98. The number of benzene rings is 2. The number of carbonyl (C=O) groups is 1. The SMILES string of the molecule is COc1cncc2c1C1(O)C(O)C(C(=O)N(C)CCO)C(c3ccccc3)C1(c1ccc(Br)cc1)O2. The molecule has 1 aromatic heterocycles. The molecule has 1 saturated carbocycles. The molecule has 3 aromatic rings. The van der Waals surface area contributed by atoms with Gasteiger partial charge in [-0.2, -0.15) is 0 Å². The van der Waals surface area contributed by atoms with Crippen LogP contribution in [0.4, 0.5) is 0 Å². The summed E-state index contributed by atoms with van der Waals surface area (Å²) in [5.41, 5.74) is -2.11. The third kappa shape index (κ3) is 3.30. The largest absolute Gasteiger partial charge is 0.495 e. The molecular formula is C27H27BrN2O6. The lowest BCUT2D eigenvalue weighted by atomic mass is 9.70. The number of pyridine rings is 1. The first-order chi connectivity index (χ1) is 17.3. The Kier molecular flexibility index (Phi) is 6.28. The number of amides is 1. The van der Waals surface area contributed by atoms with Crippen molar-refractivity contribution in [3.63, 3.8) is 0 Å². The molecule has 1 aliphatic carbocycles. The smallest absolute Gasteiger partial charge is 0.229 e. The van der Waals surface area contributed by atoms with Crippen LogP contribution in [0.5, 0.6) is 11.5 Å². The summed E-state index contributed by atoms with van der Waals surface area (Å²) in [6.45, 7) is -0.153. The minimum absolute atomic E-state index is 0.0813. The van der Waals surface area contributed by atoms with Gasteiger partial charge in [-0.1, -0.05) is 58.4 Å². The van der Waals surface area contributed by atoms with Crippen molar-refractivity contribution in [1.82, 2.24) is 9.88 Å². The van der Waals surface area contributed by atoms with E-state index in [0.29, 0.717) is 11.1 Å². The summed E-state index contributed by atoms with van der Waals surface area (Å²) in [5, 5.41) is 34.1. The summed E-state index contributed by atoms with van der Waals surface area (Å²) < 4.78 is 13.0. The summed E-state index contributed by atoms with van der Waals surface area (Å²) in [4.78, 5) is 19.4. The number of hydrogen-bond donors (Lipinski definition) is 3. The van der Waals surface area contributed by atoms with E-state index >= 15 is 0 Å². The second-order valence-electron chi connectivity index (χ2n) is 9.17. The van der Waals surface area contributed by atoms with Gasteiger partial charge in [0.25, 0.3) is 0 Å². The van der Waals surface area contributed by atoms with Crippen molar-refractivity contribution in [3.8, 4) is 11.5 Å². The first-order valence-corrected chi connectivity index (χ1v) is 12.4. The van der Waals surface area contributed by atoms with Gasteiger partial charge in [0.1, 0.15) is 17.6 Å². The van der Waals surface area contributed by atoms with Crippen molar-refractivity contribution >= 4 is 21.8 Å². The molecule has 8 nitrogen and oxygen atoms in total. The lowest BCUT2D eigenvalue weighted by Crippen LogP contribution is -2.52. The number of aliphatic hydroxyl groups is 3. The summed E-state index contributed by atoms with van der Waals surface area (Å²) in [6.07, 6.45) is 1.37. The highest BCUT2D eigenvalue weighted by molar-refractivity contribution is 9.10. The minimum Gasteiger partial charge on any atom is -0.495 e. The predicted molar refractivity (Wildman–Crippen MR) is 135 cm³/mol. The fraction of sp³-hybridized carbons (Fsp3) is 0.333. The maximum atomic E-state index is 13.8. The molecule has 9 heteroatoms. The molecule has 5 unspecified atom stereocenters. The van der Waals surface area contributed by atoms with Crippen LogP contribution in [-0.2, 0) is 16.0 Å². The first-order valence-electron chi connectivity index (χ1n) is 11.6. The van der Waals surface area contributed by atoms with E-state index in [-0.39, 0.29) is 30.2 Å². The van der Waals surface area contributed by atoms with Crippen LogP contribution in [0.3, 0.4) is 0 Å². The standard InChI is InChI=1S/C27H27BrN2O6/c1-30(12-13-31)25(33)21-22(16-6-4-3-5-7-16)27(17-8-10-18(28)11-9-17)26(34,24(21)32)23-19(35-2)14-29-15-20(23)36-27/h3-11,14-15,21-22,24,31-32,34H,12-13H2,1-2H3. The van der Waals surface area contributed by atoms with Crippen LogP contribution in [0.2, 0.25) is 0 Å². The fourth-order valence-corrected chi connectivity index (χ4v) is 6.15. The van der Waals surface area contributed by atoms with Crippen LogP contribution < -0.4 is 9.47 Å². The number of methoxy groups -OCH3 is 1. The Morgan fingerprint density at radius 2 is 1.86 bits per heavy atom. The number of carbonyl (C=O) groups excluding carboxylic acids is 1. The molecule has 3 N–H and O–H groups in total. The molecule has 0 saturated heterocycles. The van der Waals surface area contributed by atoms with E-state index in [2.05, 4.69) is 20.9 Å². The second-order valence-corrected chi connectivity index (χ2v) is 10.1. The van der Waals surface area contributed by atoms with Crippen molar-refractivity contribution in [2.45, 2.75) is 23.2 Å². The number of fused-ring (bicyclic) bond motifs is 3. The molecule has 2 aliphatic rings. The molecule has 5 atom stereocenters. The van der Waals surface area contributed by atoms with Gasteiger partial charge < -0.3 is 29.7 Å². The third-order valence-electron chi connectivity index (χ3n) is 7.41. The lowest BCUT2D eigenvalue weighted by Gasteiger charge is -2.40. The van der Waals surface area contributed by atoms with Crippen molar-refractivity contribution < 1.29 is 29.6 Å². The Bertz CT molecular complexity index is 1270. The van der Waals surface area contributed by atoms with Crippen LogP contribution in [0.25, 0.3) is 0 Å². The number of likely N-dealkylation sites (N-methyl/N-ethyl adjacent to an activating group) is 1. The highest BCUT2D eigenvalue weighted by Gasteiger charge is 2.78.